The van der Waals surface area contributed by atoms with E-state index in [4.69, 9.17) is 4.84 Å². The summed E-state index contributed by atoms with van der Waals surface area (Å²) in [5.41, 5.74) is 2.33. The first kappa shape index (κ1) is 12.6. The monoisotopic (exact) mass is 279 g/mol. The van der Waals surface area contributed by atoms with Crippen molar-refractivity contribution < 1.29 is 9.63 Å². The van der Waals surface area contributed by atoms with Gasteiger partial charge in [-0.3, -0.25) is 14.7 Å². The van der Waals surface area contributed by atoms with Crippen molar-refractivity contribution >= 4 is 11.5 Å². The Morgan fingerprint density at radius 1 is 0.952 bits per heavy atom. The van der Waals surface area contributed by atoms with E-state index in [-0.39, 0.29) is 5.78 Å². The van der Waals surface area contributed by atoms with E-state index in [0.29, 0.717) is 0 Å². The topological polar surface area (TPSA) is 29.5 Å². The van der Waals surface area contributed by atoms with Crippen molar-refractivity contribution in [3.63, 3.8) is 0 Å². The average molecular weight is 279 g/mol. The van der Waals surface area contributed by atoms with Gasteiger partial charge in [-0.05, 0) is 30.5 Å². The van der Waals surface area contributed by atoms with E-state index < -0.39 is 5.60 Å². The maximum atomic E-state index is 12.9. The van der Waals surface area contributed by atoms with Crippen LogP contribution in [0.1, 0.15) is 28.8 Å². The summed E-state index contributed by atoms with van der Waals surface area (Å²) in [6, 6.07) is 17.9. The summed E-state index contributed by atoms with van der Waals surface area (Å²) < 4.78 is 0. The number of carbonyl (C=O) groups excluding carboxylic acids is 1. The van der Waals surface area contributed by atoms with Crippen LogP contribution in [-0.2, 0) is 11.3 Å². The predicted octanol–water partition coefficient (Wildman–Crippen LogP) is 3.40. The minimum absolute atomic E-state index is 0.141. The minimum Gasteiger partial charge on any atom is -0.291 e. The van der Waals surface area contributed by atoms with Crippen molar-refractivity contribution in [2.45, 2.75) is 24.9 Å². The zero-order chi connectivity index (χ0) is 14.3. The molecule has 4 rings (SSSR count). The number of carbonyl (C=O) groups is 1. The molecule has 1 heterocycles. The zero-order valence-electron chi connectivity index (χ0n) is 11.8. The number of Topliss-reactive ketones (excluding diaryl/α,β-unsaturated/α-hetero) is 1. The highest BCUT2D eigenvalue weighted by atomic mass is 16.7. The highest BCUT2D eigenvalue weighted by molar-refractivity contribution is 6.05. The molecule has 0 saturated carbocycles. The Bertz CT molecular complexity index is 683. The van der Waals surface area contributed by atoms with Crippen LogP contribution < -0.4 is 5.06 Å². The van der Waals surface area contributed by atoms with Gasteiger partial charge in [-0.1, -0.05) is 42.5 Å². The van der Waals surface area contributed by atoms with Gasteiger partial charge in [0.25, 0.3) is 0 Å². The zero-order valence-corrected chi connectivity index (χ0v) is 11.8. The molecule has 3 nitrogen and oxygen atoms in total. The molecular weight excluding hydrogens is 262 g/mol. The number of hydroxylamine groups is 1. The molecule has 2 aromatic carbocycles. The van der Waals surface area contributed by atoms with E-state index in [1.54, 1.807) is 0 Å². The second kappa shape index (κ2) is 4.71. The van der Waals surface area contributed by atoms with Crippen LogP contribution in [0.25, 0.3) is 0 Å². The van der Waals surface area contributed by atoms with Crippen molar-refractivity contribution in [3.8, 4) is 0 Å². The van der Waals surface area contributed by atoms with Crippen LogP contribution in [0.15, 0.2) is 54.6 Å². The fourth-order valence-electron chi connectivity index (χ4n) is 3.34. The Kier molecular flexibility index (Phi) is 2.82. The van der Waals surface area contributed by atoms with Crippen LogP contribution in [0.4, 0.5) is 5.69 Å². The normalized spacial score (nSPS) is 24.4. The lowest BCUT2D eigenvalue weighted by molar-refractivity contribution is -0.00746. The Morgan fingerprint density at radius 3 is 2.57 bits per heavy atom. The fraction of sp³-hybridized carbons (Fsp3) is 0.278. The standard InChI is InChI=1S/C18H17NO2/c20-17-16-9-5-4-6-14(16)10-11-18(17)12-13-19(21-18)15-7-2-1-3-8-15/h1-9H,10-13H2/t18-/m0/s1. The lowest BCUT2D eigenvalue weighted by atomic mass is 9.78. The Hall–Kier alpha value is -2.13. The maximum Gasteiger partial charge on any atom is 0.197 e. The Morgan fingerprint density at radius 2 is 1.71 bits per heavy atom. The lowest BCUT2D eigenvalue weighted by Crippen LogP contribution is -2.43. The lowest BCUT2D eigenvalue weighted by Gasteiger charge is -2.32. The molecule has 2 aromatic rings. The third-order valence-electron chi connectivity index (χ3n) is 4.52. The summed E-state index contributed by atoms with van der Waals surface area (Å²) in [4.78, 5) is 19.0. The molecule has 0 aromatic heterocycles. The van der Waals surface area contributed by atoms with Gasteiger partial charge in [-0.25, -0.2) is 0 Å². The maximum absolute atomic E-state index is 12.9. The fourth-order valence-corrected chi connectivity index (χ4v) is 3.34. The van der Waals surface area contributed by atoms with Gasteiger partial charge in [-0.2, -0.15) is 0 Å². The van der Waals surface area contributed by atoms with E-state index in [9.17, 15) is 4.79 Å². The number of aryl methyl sites for hydroxylation is 1. The van der Waals surface area contributed by atoms with Crippen molar-refractivity contribution in [1.29, 1.82) is 0 Å². The van der Waals surface area contributed by atoms with Gasteiger partial charge in [0.2, 0.25) is 0 Å². The summed E-state index contributed by atoms with van der Waals surface area (Å²) in [5, 5.41) is 1.87. The summed E-state index contributed by atoms with van der Waals surface area (Å²) in [7, 11) is 0. The number of ketones is 1. The summed E-state index contributed by atoms with van der Waals surface area (Å²) in [6.45, 7) is 0.762. The van der Waals surface area contributed by atoms with Gasteiger partial charge in [0.05, 0.1) is 5.69 Å². The first-order valence-electron chi connectivity index (χ1n) is 7.43. The summed E-state index contributed by atoms with van der Waals surface area (Å²) >= 11 is 0. The second-order valence-corrected chi connectivity index (χ2v) is 5.76. The number of anilines is 1. The molecule has 1 spiro atoms. The van der Waals surface area contributed by atoms with E-state index in [1.165, 1.54) is 0 Å². The first-order valence-corrected chi connectivity index (χ1v) is 7.43. The molecule has 0 N–H and O–H groups in total. The molecule has 1 saturated heterocycles. The van der Waals surface area contributed by atoms with Gasteiger partial charge in [0.1, 0.15) is 0 Å². The Labute approximate surface area is 124 Å². The third kappa shape index (κ3) is 1.96. The molecule has 106 valence electrons. The number of para-hydroxylation sites is 1. The summed E-state index contributed by atoms with van der Waals surface area (Å²) in [6.07, 6.45) is 2.44. The van der Waals surface area contributed by atoms with Crippen LogP contribution in [0.3, 0.4) is 0 Å². The number of rotatable bonds is 1. The van der Waals surface area contributed by atoms with E-state index >= 15 is 0 Å². The average Bonchev–Trinajstić information content (AvgIpc) is 2.98. The van der Waals surface area contributed by atoms with Gasteiger partial charge in [-0.15, -0.1) is 0 Å². The van der Waals surface area contributed by atoms with E-state index in [0.717, 1.165) is 42.6 Å². The number of hydrogen-bond acceptors (Lipinski definition) is 3. The molecule has 0 radical (unpaired) electrons. The van der Waals surface area contributed by atoms with Crippen LogP contribution in [-0.4, -0.2) is 17.9 Å². The highest BCUT2D eigenvalue weighted by Crippen LogP contribution is 2.40. The minimum atomic E-state index is -0.663. The summed E-state index contributed by atoms with van der Waals surface area (Å²) in [5.74, 6) is 0.141. The molecule has 1 atom stereocenters. The van der Waals surface area contributed by atoms with Crippen molar-refractivity contribution in [2.24, 2.45) is 0 Å². The number of nitrogens with zero attached hydrogens (tertiary/aromatic N) is 1. The van der Waals surface area contributed by atoms with Gasteiger partial charge in [0, 0.05) is 18.5 Å². The van der Waals surface area contributed by atoms with Crippen molar-refractivity contribution in [1.82, 2.24) is 0 Å². The van der Waals surface area contributed by atoms with Crippen LogP contribution >= 0.6 is 0 Å². The predicted molar refractivity (Wildman–Crippen MR) is 81.3 cm³/mol. The smallest absolute Gasteiger partial charge is 0.197 e. The number of fused-ring (bicyclic) bond motifs is 1. The van der Waals surface area contributed by atoms with Gasteiger partial charge < -0.3 is 0 Å². The molecule has 1 aliphatic heterocycles. The molecule has 1 fully saturated rings. The molecule has 21 heavy (non-hydrogen) atoms. The Balaban J connectivity index is 1.64. The third-order valence-corrected chi connectivity index (χ3v) is 4.52. The van der Waals surface area contributed by atoms with Crippen LogP contribution in [0.2, 0.25) is 0 Å². The molecule has 0 amide bonds. The number of hydrogen-bond donors (Lipinski definition) is 0. The van der Waals surface area contributed by atoms with Crippen molar-refractivity contribution in [2.75, 3.05) is 11.6 Å². The second-order valence-electron chi connectivity index (χ2n) is 5.76. The van der Waals surface area contributed by atoms with E-state index in [1.807, 2.05) is 59.7 Å². The number of benzene rings is 2. The van der Waals surface area contributed by atoms with Crippen LogP contribution in [0, 0.1) is 0 Å². The molecule has 2 aliphatic rings. The van der Waals surface area contributed by atoms with Crippen molar-refractivity contribution in [3.05, 3.63) is 65.7 Å². The largest absolute Gasteiger partial charge is 0.291 e. The molecule has 0 bridgehead atoms. The highest BCUT2D eigenvalue weighted by Gasteiger charge is 2.49. The first-order chi connectivity index (χ1) is 10.3. The van der Waals surface area contributed by atoms with Gasteiger partial charge >= 0.3 is 0 Å². The molecule has 1 aliphatic carbocycles. The van der Waals surface area contributed by atoms with Crippen LogP contribution in [0.5, 0.6) is 0 Å². The van der Waals surface area contributed by atoms with Gasteiger partial charge in [0.15, 0.2) is 11.4 Å². The SMILES string of the molecule is O=C1c2ccccc2CC[C@]12CCN(c1ccccc1)O2. The molecular formula is C18H17NO2. The van der Waals surface area contributed by atoms with E-state index in [2.05, 4.69) is 0 Å². The molecule has 3 heteroatoms. The quantitative estimate of drug-likeness (QED) is 0.801. The molecule has 0 unspecified atom stereocenters.